The quantitative estimate of drug-likeness (QED) is 0.480. The fourth-order valence-corrected chi connectivity index (χ4v) is 1.65. The van der Waals surface area contributed by atoms with E-state index in [0.29, 0.717) is 5.69 Å². The van der Waals surface area contributed by atoms with E-state index in [0.717, 1.165) is 0 Å². The van der Waals surface area contributed by atoms with Crippen LogP contribution in [0, 0.1) is 0 Å². The second kappa shape index (κ2) is 5.09. The topological polar surface area (TPSA) is 12.0 Å². The van der Waals surface area contributed by atoms with Gasteiger partial charge in [0.2, 0.25) is 0 Å². The van der Waals surface area contributed by atoms with Gasteiger partial charge in [-0.1, -0.05) is 12.2 Å². The van der Waals surface area contributed by atoms with E-state index in [1.807, 2.05) is 0 Å². The third kappa shape index (κ3) is 5.29. The minimum Gasteiger partial charge on any atom is -0.341 e. The molecule has 0 amide bonds. The van der Waals surface area contributed by atoms with Gasteiger partial charge in [0, 0.05) is 10.6 Å². The molecule has 0 radical (unpaired) electrons. The molecule has 15 heavy (non-hydrogen) atoms. The van der Waals surface area contributed by atoms with Crippen LogP contribution in [0.15, 0.2) is 29.2 Å². The second-order valence-corrected chi connectivity index (χ2v) is 4.80. The molecule has 0 aliphatic heterocycles. The van der Waals surface area contributed by atoms with Gasteiger partial charge in [-0.05, 0) is 36.0 Å². The zero-order valence-electron chi connectivity index (χ0n) is 7.21. The summed E-state index contributed by atoms with van der Waals surface area (Å²) in [4.78, 5) is 0.137. The van der Waals surface area contributed by atoms with Crippen LogP contribution in [0.4, 0.5) is 18.9 Å². The predicted octanol–water partition coefficient (Wildman–Crippen LogP) is 3.93. The van der Waals surface area contributed by atoms with Gasteiger partial charge < -0.3 is 5.32 Å². The summed E-state index contributed by atoms with van der Waals surface area (Å²) < 4.78 is 36.2. The highest BCUT2D eigenvalue weighted by Crippen LogP contribution is 2.36. The molecule has 0 unspecified atom stereocenters. The molecule has 1 aromatic rings. The second-order valence-electron chi connectivity index (χ2n) is 2.50. The van der Waals surface area contributed by atoms with Crippen LogP contribution in [0.25, 0.3) is 0 Å². The number of hydrogen-bond acceptors (Lipinski definition) is 2. The highest BCUT2D eigenvalue weighted by Gasteiger charge is 2.28. The molecule has 0 aliphatic rings. The van der Waals surface area contributed by atoms with E-state index in [1.54, 1.807) is 0 Å². The number of alkyl halides is 3. The van der Waals surface area contributed by atoms with Gasteiger partial charge in [-0.25, -0.2) is 0 Å². The van der Waals surface area contributed by atoms with Gasteiger partial charge >= 0.3 is 5.51 Å². The first kappa shape index (κ1) is 12.7. The molecule has 0 atom stereocenters. The SMILES string of the molecule is FC(F)(F)Sc1ccc(NC(=S)S)cc1. The molecule has 0 heterocycles. The van der Waals surface area contributed by atoms with Crippen LogP contribution in [-0.4, -0.2) is 9.83 Å². The van der Waals surface area contributed by atoms with Crippen molar-refractivity contribution >= 4 is 46.6 Å². The summed E-state index contributed by atoms with van der Waals surface area (Å²) in [5.74, 6) is 0. The van der Waals surface area contributed by atoms with Crippen LogP contribution < -0.4 is 5.32 Å². The number of anilines is 1. The molecular formula is C8H6F3NS3. The number of nitrogens with one attached hydrogen (secondary N) is 1. The summed E-state index contributed by atoms with van der Waals surface area (Å²) in [6.07, 6.45) is 0. The van der Waals surface area contributed by atoms with Crippen LogP contribution in [0.5, 0.6) is 0 Å². The minimum absolute atomic E-state index is 0.137. The molecule has 0 aromatic heterocycles. The van der Waals surface area contributed by atoms with Crippen molar-refractivity contribution in [2.45, 2.75) is 10.4 Å². The van der Waals surface area contributed by atoms with Gasteiger partial charge in [0.1, 0.15) is 4.32 Å². The van der Waals surface area contributed by atoms with Crippen molar-refractivity contribution in [2.75, 3.05) is 5.32 Å². The Kier molecular flexibility index (Phi) is 4.30. The molecule has 0 fully saturated rings. The van der Waals surface area contributed by atoms with Crippen molar-refractivity contribution in [3.63, 3.8) is 0 Å². The lowest BCUT2D eigenvalue weighted by Gasteiger charge is -2.07. The lowest BCUT2D eigenvalue weighted by molar-refractivity contribution is -0.0328. The molecule has 1 aromatic carbocycles. The van der Waals surface area contributed by atoms with Crippen molar-refractivity contribution < 1.29 is 13.2 Å². The van der Waals surface area contributed by atoms with Crippen molar-refractivity contribution in [1.29, 1.82) is 0 Å². The number of rotatable bonds is 2. The average Bonchev–Trinajstić information content (AvgIpc) is 2.05. The molecule has 0 bridgehead atoms. The number of thioether (sulfide) groups is 1. The summed E-state index contributed by atoms with van der Waals surface area (Å²) in [5.41, 5.74) is -3.64. The molecule has 7 heteroatoms. The van der Waals surface area contributed by atoms with Crippen LogP contribution >= 0.6 is 36.6 Å². The summed E-state index contributed by atoms with van der Waals surface area (Å²) in [7, 11) is 0. The molecule has 82 valence electrons. The van der Waals surface area contributed by atoms with Gasteiger partial charge in [0.05, 0.1) is 0 Å². The smallest absolute Gasteiger partial charge is 0.341 e. The Labute approximate surface area is 99.8 Å². The number of benzene rings is 1. The van der Waals surface area contributed by atoms with Gasteiger partial charge in [-0.15, -0.1) is 12.6 Å². The zero-order chi connectivity index (χ0) is 11.5. The molecule has 1 rings (SSSR count). The van der Waals surface area contributed by atoms with E-state index in [-0.39, 0.29) is 21.0 Å². The number of halogens is 3. The predicted molar refractivity (Wildman–Crippen MR) is 63.6 cm³/mol. The largest absolute Gasteiger partial charge is 0.446 e. The molecule has 1 nitrogen and oxygen atoms in total. The van der Waals surface area contributed by atoms with Crippen molar-refractivity contribution in [3.05, 3.63) is 24.3 Å². The fourth-order valence-electron chi connectivity index (χ4n) is 0.863. The van der Waals surface area contributed by atoms with Crippen molar-refractivity contribution in [1.82, 2.24) is 0 Å². The monoisotopic (exact) mass is 269 g/mol. The van der Waals surface area contributed by atoms with E-state index in [4.69, 9.17) is 0 Å². The number of thiocarbonyl (C=S) groups is 1. The van der Waals surface area contributed by atoms with Crippen LogP contribution in [0.3, 0.4) is 0 Å². The number of hydrogen-bond donors (Lipinski definition) is 2. The van der Waals surface area contributed by atoms with Gasteiger partial charge in [0.25, 0.3) is 0 Å². The molecule has 1 N–H and O–H groups in total. The first-order chi connectivity index (χ1) is 6.87. The Morgan fingerprint density at radius 1 is 1.27 bits per heavy atom. The lowest BCUT2D eigenvalue weighted by Crippen LogP contribution is -2.01. The summed E-state index contributed by atoms with van der Waals surface area (Å²) in [6.45, 7) is 0. The van der Waals surface area contributed by atoms with E-state index in [1.165, 1.54) is 24.3 Å². The Balaban J connectivity index is 2.68. The average molecular weight is 269 g/mol. The third-order valence-electron chi connectivity index (χ3n) is 1.34. The standard InChI is InChI=1S/C8H6F3NS3/c9-8(10,11)15-6-3-1-5(2-4-6)12-7(13)14/h1-4H,(H2,12,13,14). The van der Waals surface area contributed by atoms with Gasteiger partial charge in [0.15, 0.2) is 0 Å². The first-order valence-electron chi connectivity index (χ1n) is 3.72. The Morgan fingerprint density at radius 3 is 2.20 bits per heavy atom. The summed E-state index contributed by atoms with van der Waals surface area (Å²) in [6, 6.07) is 5.76. The molecule has 0 aliphatic carbocycles. The van der Waals surface area contributed by atoms with Gasteiger partial charge in [-0.2, -0.15) is 13.2 Å². The molecule has 0 spiro atoms. The zero-order valence-corrected chi connectivity index (χ0v) is 9.73. The third-order valence-corrected chi connectivity index (χ3v) is 2.29. The van der Waals surface area contributed by atoms with E-state index < -0.39 is 5.51 Å². The van der Waals surface area contributed by atoms with E-state index in [9.17, 15) is 13.2 Å². The Bertz CT molecular complexity index is 347. The summed E-state index contributed by atoms with van der Waals surface area (Å²) in [5, 5.41) is 2.70. The fraction of sp³-hybridized carbons (Fsp3) is 0.125. The molecular weight excluding hydrogens is 263 g/mol. The van der Waals surface area contributed by atoms with Gasteiger partial charge in [-0.3, -0.25) is 0 Å². The molecule has 0 saturated heterocycles. The van der Waals surface area contributed by atoms with Crippen molar-refractivity contribution in [2.24, 2.45) is 0 Å². The van der Waals surface area contributed by atoms with Crippen LogP contribution in [0.2, 0.25) is 0 Å². The highest BCUT2D eigenvalue weighted by atomic mass is 32.2. The highest BCUT2D eigenvalue weighted by molar-refractivity contribution is 8.11. The maximum atomic E-state index is 12.0. The van der Waals surface area contributed by atoms with Crippen LogP contribution in [-0.2, 0) is 0 Å². The Hall–Kier alpha value is -0.400. The maximum absolute atomic E-state index is 12.0. The Morgan fingerprint density at radius 2 is 1.80 bits per heavy atom. The van der Waals surface area contributed by atoms with Crippen LogP contribution in [0.1, 0.15) is 0 Å². The first-order valence-corrected chi connectivity index (χ1v) is 5.40. The molecule has 0 saturated carbocycles. The minimum atomic E-state index is -4.26. The van der Waals surface area contributed by atoms with Crippen molar-refractivity contribution in [3.8, 4) is 0 Å². The maximum Gasteiger partial charge on any atom is 0.446 e. The number of thiol groups is 1. The normalized spacial score (nSPS) is 11.2. The summed E-state index contributed by atoms with van der Waals surface area (Å²) >= 11 is 8.35. The van der Waals surface area contributed by atoms with E-state index in [2.05, 4.69) is 30.2 Å². The lowest BCUT2D eigenvalue weighted by atomic mass is 10.3. The van der Waals surface area contributed by atoms with E-state index >= 15 is 0 Å².